The van der Waals surface area contributed by atoms with Gasteiger partial charge in [-0.3, -0.25) is 0 Å². The first kappa shape index (κ1) is 14.4. The first-order valence-electron chi connectivity index (χ1n) is 7.81. The molecule has 0 spiro atoms. The molecule has 2 nitrogen and oxygen atoms in total. The summed E-state index contributed by atoms with van der Waals surface area (Å²) in [5, 5.41) is 3.54. The van der Waals surface area contributed by atoms with Gasteiger partial charge in [0.2, 0.25) is 0 Å². The quantitative estimate of drug-likeness (QED) is 0.863. The minimum atomic E-state index is 0.967. The van der Waals surface area contributed by atoms with Crippen molar-refractivity contribution in [3.05, 3.63) is 29.8 Å². The lowest BCUT2D eigenvalue weighted by molar-refractivity contribution is 0.290. The minimum Gasteiger partial charge on any atom is -0.384 e. The van der Waals surface area contributed by atoms with Gasteiger partial charge in [0.05, 0.1) is 0 Å². The highest BCUT2D eigenvalue weighted by Gasteiger charge is 2.14. The Kier molecular flexibility index (Phi) is 5.71. The van der Waals surface area contributed by atoms with Crippen LogP contribution in [0.5, 0.6) is 0 Å². The molecule has 1 heterocycles. The Bertz CT molecular complexity index is 375. The van der Waals surface area contributed by atoms with Gasteiger partial charge in [-0.05, 0) is 62.9 Å². The predicted molar refractivity (Wildman–Crippen MR) is 83.7 cm³/mol. The molecule has 1 atom stereocenters. The Morgan fingerprint density at radius 1 is 1.26 bits per heavy atom. The van der Waals surface area contributed by atoms with Gasteiger partial charge in [-0.2, -0.15) is 0 Å². The van der Waals surface area contributed by atoms with Crippen molar-refractivity contribution < 1.29 is 0 Å². The van der Waals surface area contributed by atoms with Crippen LogP contribution < -0.4 is 5.32 Å². The Balaban J connectivity index is 1.70. The van der Waals surface area contributed by atoms with E-state index in [0.29, 0.717) is 0 Å². The van der Waals surface area contributed by atoms with Crippen molar-refractivity contribution in [2.24, 2.45) is 5.92 Å². The molecule has 0 saturated carbocycles. The summed E-state index contributed by atoms with van der Waals surface area (Å²) in [6, 6.07) is 8.64. The van der Waals surface area contributed by atoms with Gasteiger partial charge in [0.15, 0.2) is 0 Å². The maximum atomic E-state index is 3.54. The fourth-order valence-corrected chi connectivity index (χ4v) is 2.97. The van der Waals surface area contributed by atoms with Crippen LogP contribution in [0.3, 0.4) is 0 Å². The van der Waals surface area contributed by atoms with E-state index in [1.807, 2.05) is 0 Å². The molecule has 1 N–H and O–H groups in total. The largest absolute Gasteiger partial charge is 0.384 e. The fourth-order valence-electron chi connectivity index (χ4n) is 2.97. The zero-order valence-corrected chi connectivity index (χ0v) is 12.5. The first-order chi connectivity index (χ1) is 9.28. The number of aryl methyl sites for hydroxylation is 1. The number of hydrogen-bond acceptors (Lipinski definition) is 2. The summed E-state index contributed by atoms with van der Waals surface area (Å²) in [4.78, 5) is 2.62. The second-order valence-electron chi connectivity index (χ2n) is 5.84. The molecule has 1 aliphatic heterocycles. The standard InChI is InChI=1S/C17H28N2/c1-3-16-7-5-11-19(12-9-16)13-10-18-17-8-4-6-15(2)14-17/h4,6,8,14,16,18H,3,5,7,9-13H2,1-2H3. The smallest absolute Gasteiger partial charge is 0.0343 e. The number of benzene rings is 1. The lowest BCUT2D eigenvalue weighted by Crippen LogP contribution is -2.30. The van der Waals surface area contributed by atoms with Gasteiger partial charge in [0.25, 0.3) is 0 Å². The maximum absolute atomic E-state index is 3.54. The molecular formula is C17H28N2. The second-order valence-corrected chi connectivity index (χ2v) is 5.84. The molecule has 19 heavy (non-hydrogen) atoms. The van der Waals surface area contributed by atoms with E-state index in [9.17, 15) is 0 Å². The Morgan fingerprint density at radius 2 is 2.16 bits per heavy atom. The topological polar surface area (TPSA) is 15.3 Å². The second kappa shape index (κ2) is 7.54. The fraction of sp³-hybridized carbons (Fsp3) is 0.647. The van der Waals surface area contributed by atoms with Crippen LogP contribution in [0.25, 0.3) is 0 Å². The third kappa shape index (κ3) is 4.87. The summed E-state index contributed by atoms with van der Waals surface area (Å²) in [5.41, 5.74) is 2.58. The van der Waals surface area contributed by atoms with Gasteiger partial charge in [-0.25, -0.2) is 0 Å². The van der Waals surface area contributed by atoms with Crippen LogP contribution in [0.4, 0.5) is 5.69 Å². The first-order valence-corrected chi connectivity index (χ1v) is 7.81. The van der Waals surface area contributed by atoms with Crippen LogP contribution in [0.1, 0.15) is 38.2 Å². The van der Waals surface area contributed by atoms with Crippen molar-refractivity contribution in [2.45, 2.75) is 39.5 Å². The number of likely N-dealkylation sites (tertiary alicyclic amines) is 1. The van der Waals surface area contributed by atoms with Gasteiger partial charge < -0.3 is 10.2 Å². The monoisotopic (exact) mass is 260 g/mol. The molecule has 1 aromatic rings. The molecule has 0 aliphatic carbocycles. The summed E-state index contributed by atoms with van der Waals surface area (Å²) < 4.78 is 0. The van der Waals surface area contributed by atoms with Crippen LogP contribution in [-0.2, 0) is 0 Å². The number of anilines is 1. The molecule has 1 unspecified atom stereocenters. The van der Waals surface area contributed by atoms with Crippen molar-refractivity contribution >= 4 is 5.69 Å². The van der Waals surface area contributed by atoms with E-state index in [0.717, 1.165) is 12.5 Å². The van der Waals surface area contributed by atoms with E-state index in [2.05, 4.69) is 48.3 Å². The van der Waals surface area contributed by atoms with E-state index in [1.165, 1.54) is 56.6 Å². The molecule has 1 saturated heterocycles. The summed E-state index contributed by atoms with van der Waals surface area (Å²) in [7, 11) is 0. The van der Waals surface area contributed by atoms with Crippen LogP contribution in [0.15, 0.2) is 24.3 Å². The zero-order chi connectivity index (χ0) is 13.5. The molecule has 1 fully saturated rings. The van der Waals surface area contributed by atoms with Crippen LogP contribution in [0.2, 0.25) is 0 Å². The van der Waals surface area contributed by atoms with Crippen molar-refractivity contribution in [3.63, 3.8) is 0 Å². The normalized spacial score (nSPS) is 21.1. The van der Waals surface area contributed by atoms with Gasteiger partial charge in [-0.15, -0.1) is 0 Å². The SMILES string of the molecule is CCC1CCCN(CCNc2cccc(C)c2)CC1. The third-order valence-electron chi connectivity index (χ3n) is 4.29. The Labute approximate surface area is 118 Å². The highest BCUT2D eigenvalue weighted by molar-refractivity contribution is 5.45. The number of nitrogens with zero attached hydrogens (tertiary/aromatic N) is 1. The van der Waals surface area contributed by atoms with E-state index in [-0.39, 0.29) is 0 Å². The molecule has 106 valence electrons. The number of rotatable bonds is 5. The highest BCUT2D eigenvalue weighted by Crippen LogP contribution is 2.20. The molecule has 0 amide bonds. The molecule has 2 rings (SSSR count). The maximum Gasteiger partial charge on any atom is 0.0343 e. The Morgan fingerprint density at radius 3 is 2.95 bits per heavy atom. The van der Waals surface area contributed by atoms with Crippen molar-refractivity contribution in [3.8, 4) is 0 Å². The molecule has 1 aromatic carbocycles. The van der Waals surface area contributed by atoms with Crippen molar-refractivity contribution in [1.29, 1.82) is 0 Å². The minimum absolute atomic E-state index is 0.967. The van der Waals surface area contributed by atoms with Crippen LogP contribution in [-0.4, -0.2) is 31.1 Å². The van der Waals surface area contributed by atoms with E-state index in [1.54, 1.807) is 0 Å². The van der Waals surface area contributed by atoms with Crippen molar-refractivity contribution in [2.75, 3.05) is 31.5 Å². The molecule has 1 aliphatic rings. The van der Waals surface area contributed by atoms with Gasteiger partial charge in [0, 0.05) is 18.8 Å². The van der Waals surface area contributed by atoms with Crippen molar-refractivity contribution in [1.82, 2.24) is 4.90 Å². The van der Waals surface area contributed by atoms with Gasteiger partial charge in [0.1, 0.15) is 0 Å². The summed E-state index contributed by atoms with van der Waals surface area (Å²) in [5.74, 6) is 0.967. The van der Waals surface area contributed by atoms with Gasteiger partial charge >= 0.3 is 0 Å². The van der Waals surface area contributed by atoms with Crippen LogP contribution >= 0.6 is 0 Å². The third-order valence-corrected chi connectivity index (χ3v) is 4.29. The number of hydrogen-bond donors (Lipinski definition) is 1. The van der Waals surface area contributed by atoms with E-state index in [4.69, 9.17) is 0 Å². The summed E-state index contributed by atoms with van der Waals surface area (Å²) >= 11 is 0. The molecule has 2 heteroatoms. The molecule has 0 bridgehead atoms. The van der Waals surface area contributed by atoms with Crippen LogP contribution in [0, 0.1) is 12.8 Å². The summed E-state index contributed by atoms with van der Waals surface area (Å²) in [6.07, 6.45) is 5.55. The lowest BCUT2D eigenvalue weighted by Gasteiger charge is -2.20. The van der Waals surface area contributed by atoms with E-state index >= 15 is 0 Å². The predicted octanol–water partition coefficient (Wildman–Crippen LogP) is 3.92. The molecule has 0 aromatic heterocycles. The highest BCUT2D eigenvalue weighted by atomic mass is 15.1. The van der Waals surface area contributed by atoms with E-state index < -0.39 is 0 Å². The number of nitrogens with one attached hydrogen (secondary N) is 1. The molecular weight excluding hydrogens is 232 g/mol. The zero-order valence-electron chi connectivity index (χ0n) is 12.5. The average molecular weight is 260 g/mol. The summed E-state index contributed by atoms with van der Waals surface area (Å²) in [6.45, 7) is 9.27. The lowest BCUT2D eigenvalue weighted by atomic mass is 9.98. The van der Waals surface area contributed by atoms with Gasteiger partial charge in [-0.1, -0.05) is 25.5 Å². The average Bonchev–Trinajstić information content (AvgIpc) is 2.64. The molecule has 0 radical (unpaired) electrons. The Hall–Kier alpha value is -1.02.